The highest BCUT2D eigenvalue weighted by Gasteiger charge is 2.04. The van der Waals surface area contributed by atoms with E-state index >= 15 is 0 Å². The van der Waals surface area contributed by atoms with Crippen molar-refractivity contribution in [1.82, 2.24) is 9.78 Å². The summed E-state index contributed by atoms with van der Waals surface area (Å²) in [4.78, 5) is 0. The molecule has 0 saturated heterocycles. The van der Waals surface area contributed by atoms with Crippen LogP contribution in [0.25, 0.3) is 11.3 Å². The largest absolute Gasteiger partial charge is 0.326 e. The van der Waals surface area contributed by atoms with E-state index in [0.29, 0.717) is 6.54 Å². The summed E-state index contributed by atoms with van der Waals surface area (Å²) in [7, 11) is 1.94. The van der Waals surface area contributed by atoms with E-state index in [1.54, 1.807) is 6.20 Å². The van der Waals surface area contributed by atoms with Crippen molar-refractivity contribution in [3.63, 3.8) is 0 Å². The summed E-state index contributed by atoms with van der Waals surface area (Å²) in [5, 5.41) is 4.16. The van der Waals surface area contributed by atoms with Crippen LogP contribution in [0.1, 0.15) is 11.1 Å². The summed E-state index contributed by atoms with van der Waals surface area (Å²) < 4.78 is 1.87. The summed E-state index contributed by atoms with van der Waals surface area (Å²) >= 11 is 0. The van der Waals surface area contributed by atoms with Crippen LogP contribution >= 0.6 is 0 Å². The van der Waals surface area contributed by atoms with Crippen molar-refractivity contribution < 1.29 is 0 Å². The van der Waals surface area contributed by atoms with Gasteiger partial charge in [0.15, 0.2) is 0 Å². The van der Waals surface area contributed by atoms with Crippen molar-refractivity contribution in [3.8, 4) is 11.3 Å². The van der Waals surface area contributed by atoms with Gasteiger partial charge in [-0.2, -0.15) is 5.10 Å². The van der Waals surface area contributed by atoms with Gasteiger partial charge in [0.25, 0.3) is 0 Å². The second-order valence-corrected chi connectivity index (χ2v) is 3.69. The summed E-state index contributed by atoms with van der Waals surface area (Å²) in [6.45, 7) is 2.66. The molecule has 0 saturated carbocycles. The maximum absolute atomic E-state index is 5.69. The standard InChI is InChI=1S/C12H15N3/c1-9-3-4-10(7-11(9)8-13)12-5-6-14-15(12)2/h3-7H,8,13H2,1-2H3. The first-order chi connectivity index (χ1) is 7.22. The lowest BCUT2D eigenvalue weighted by Gasteiger charge is -2.07. The zero-order valence-electron chi connectivity index (χ0n) is 9.07. The minimum Gasteiger partial charge on any atom is -0.326 e. The SMILES string of the molecule is Cc1ccc(-c2ccnn2C)cc1CN. The third-order valence-electron chi connectivity index (χ3n) is 2.69. The molecule has 0 spiro atoms. The van der Waals surface area contributed by atoms with Crippen LogP contribution < -0.4 is 5.73 Å². The van der Waals surface area contributed by atoms with Gasteiger partial charge in [-0.15, -0.1) is 0 Å². The van der Waals surface area contributed by atoms with Crippen molar-refractivity contribution in [1.29, 1.82) is 0 Å². The van der Waals surface area contributed by atoms with Crippen LogP contribution in [0.15, 0.2) is 30.5 Å². The lowest BCUT2D eigenvalue weighted by molar-refractivity contribution is 0.775. The highest BCUT2D eigenvalue weighted by atomic mass is 15.2. The van der Waals surface area contributed by atoms with Gasteiger partial charge in [0.05, 0.1) is 5.69 Å². The second kappa shape index (κ2) is 3.87. The van der Waals surface area contributed by atoms with Crippen molar-refractivity contribution in [2.24, 2.45) is 12.8 Å². The van der Waals surface area contributed by atoms with Crippen molar-refractivity contribution in [2.45, 2.75) is 13.5 Å². The maximum Gasteiger partial charge on any atom is 0.0678 e. The van der Waals surface area contributed by atoms with Crippen LogP contribution in [-0.2, 0) is 13.6 Å². The quantitative estimate of drug-likeness (QED) is 0.806. The zero-order chi connectivity index (χ0) is 10.8. The molecule has 0 radical (unpaired) electrons. The third-order valence-corrected chi connectivity index (χ3v) is 2.69. The molecule has 2 rings (SSSR count). The van der Waals surface area contributed by atoms with Crippen LogP contribution in [0.4, 0.5) is 0 Å². The number of aromatic nitrogens is 2. The minimum absolute atomic E-state index is 0.581. The molecule has 0 aliphatic heterocycles. The Morgan fingerprint density at radius 3 is 2.73 bits per heavy atom. The fraction of sp³-hybridized carbons (Fsp3) is 0.250. The second-order valence-electron chi connectivity index (χ2n) is 3.69. The molecule has 78 valence electrons. The first-order valence-electron chi connectivity index (χ1n) is 5.00. The molecule has 1 heterocycles. The lowest BCUT2D eigenvalue weighted by Crippen LogP contribution is -2.00. The van der Waals surface area contributed by atoms with Crippen molar-refractivity contribution in [2.75, 3.05) is 0 Å². The number of aryl methyl sites for hydroxylation is 2. The monoisotopic (exact) mass is 201 g/mol. The third kappa shape index (κ3) is 1.78. The Morgan fingerprint density at radius 1 is 1.33 bits per heavy atom. The van der Waals surface area contributed by atoms with E-state index in [-0.39, 0.29) is 0 Å². The Labute approximate surface area is 89.5 Å². The molecular formula is C12H15N3. The van der Waals surface area contributed by atoms with Gasteiger partial charge < -0.3 is 5.73 Å². The number of nitrogens with zero attached hydrogens (tertiary/aromatic N) is 2. The van der Waals surface area contributed by atoms with E-state index in [1.807, 2.05) is 17.8 Å². The van der Waals surface area contributed by atoms with Gasteiger partial charge in [-0.05, 0) is 30.2 Å². The van der Waals surface area contributed by atoms with Crippen molar-refractivity contribution >= 4 is 0 Å². The normalized spacial score (nSPS) is 10.6. The Morgan fingerprint density at radius 2 is 2.13 bits per heavy atom. The molecular weight excluding hydrogens is 186 g/mol. The molecule has 2 N–H and O–H groups in total. The number of rotatable bonds is 2. The predicted molar refractivity (Wildman–Crippen MR) is 61.3 cm³/mol. The molecule has 0 unspecified atom stereocenters. The van der Waals surface area contributed by atoms with Gasteiger partial charge in [-0.3, -0.25) is 4.68 Å². The highest BCUT2D eigenvalue weighted by Crippen LogP contribution is 2.21. The van der Waals surface area contributed by atoms with E-state index < -0.39 is 0 Å². The zero-order valence-corrected chi connectivity index (χ0v) is 9.07. The van der Waals surface area contributed by atoms with Crippen LogP contribution in [0, 0.1) is 6.92 Å². The molecule has 15 heavy (non-hydrogen) atoms. The summed E-state index contributed by atoms with van der Waals surface area (Å²) in [6.07, 6.45) is 1.80. The van der Waals surface area contributed by atoms with E-state index in [4.69, 9.17) is 5.73 Å². The number of nitrogens with two attached hydrogens (primary N) is 1. The first kappa shape index (κ1) is 9.93. The highest BCUT2D eigenvalue weighted by molar-refractivity contribution is 5.61. The number of hydrogen-bond donors (Lipinski definition) is 1. The molecule has 0 atom stereocenters. The van der Waals surface area contributed by atoms with Crippen LogP contribution in [0.5, 0.6) is 0 Å². The van der Waals surface area contributed by atoms with Crippen molar-refractivity contribution in [3.05, 3.63) is 41.6 Å². The molecule has 3 nitrogen and oxygen atoms in total. The fourth-order valence-corrected chi connectivity index (χ4v) is 1.71. The van der Waals surface area contributed by atoms with Gasteiger partial charge in [0, 0.05) is 25.4 Å². The number of benzene rings is 1. The summed E-state index contributed by atoms with van der Waals surface area (Å²) in [6, 6.07) is 8.34. The van der Waals surface area contributed by atoms with Gasteiger partial charge in [-0.1, -0.05) is 12.1 Å². The Balaban J connectivity index is 2.51. The van der Waals surface area contributed by atoms with Gasteiger partial charge in [-0.25, -0.2) is 0 Å². The predicted octanol–water partition coefficient (Wildman–Crippen LogP) is 1.85. The first-order valence-corrected chi connectivity index (χ1v) is 5.00. The molecule has 0 bridgehead atoms. The summed E-state index contributed by atoms with van der Waals surface area (Å²) in [5.74, 6) is 0. The van der Waals surface area contributed by atoms with E-state index in [1.165, 1.54) is 16.7 Å². The Hall–Kier alpha value is -1.61. The van der Waals surface area contributed by atoms with Crippen LogP contribution in [-0.4, -0.2) is 9.78 Å². The summed E-state index contributed by atoms with van der Waals surface area (Å²) in [5.41, 5.74) is 10.4. The Bertz CT molecular complexity index is 471. The van der Waals surface area contributed by atoms with E-state index in [2.05, 4.69) is 30.2 Å². The van der Waals surface area contributed by atoms with E-state index in [9.17, 15) is 0 Å². The number of hydrogen-bond acceptors (Lipinski definition) is 2. The van der Waals surface area contributed by atoms with Gasteiger partial charge in [0.2, 0.25) is 0 Å². The molecule has 0 aliphatic rings. The smallest absolute Gasteiger partial charge is 0.0678 e. The Kier molecular flexibility index (Phi) is 2.56. The minimum atomic E-state index is 0.581. The average Bonchev–Trinajstić information content (AvgIpc) is 2.65. The average molecular weight is 201 g/mol. The maximum atomic E-state index is 5.69. The molecule has 1 aromatic heterocycles. The molecule has 3 heteroatoms. The van der Waals surface area contributed by atoms with Gasteiger partial charge >= 0.3 is 0 Å². The van der Waals surface area contributed by atoms with E-state index in [0.717, 1.165) is 5.69 Å². The molecule has 2 aromatic rings. The molecule has 0 amide bonds. The van der Waals surface area contributed by atoms with Crippen LogP contribution in [0.2, 0.25) is 0 Å². The molecule has 0 aliphatic carbocycles. The fourth-order valence-electron chi connectivity index (χ4n) is 1.71. The lowest BCUT2D eigenvalue weighted by atomic mass is 10.0. The van der Waals surface area contributed by atoms with Gasteiger partial charge in [0.1, 0.15) is 0 Å². The molecule has 1 aromatic carbocycles. The topological polar surface area (TPSA) is 43.8 Å². The molecule has 0 fully saturated rings. The van der Waals surface area contributed by atoms with Crippen LogP contribution in [0.3, 0.4) is 0 Å².